The van der Waals surface area contributed by atoms with E-state index in [9.17, 15) is 0 Å². The van der Waals surface area contributed by atoms with E-state index in [0.717, 1.165) is 33.6 Å². The quantitative estimate of drug-likeness (QED) is 0.210. The van der Waals surface area contributed by atoms with Crippen LogP contribution in [0.2, 0.25) is 0 Å². The third-order valence-electron chi connectivity index (χ3n) is 8.17. The van der Waals surface area contributed by atoms with E-state index in [1.54, 1.807) is 0 Å². The van der Waals surface area contributed by atoms with Crippen molar-refractivity contribution in [1.29, 1.82) is 0 Å². The molecule has 42 heavy (non-hydrogen) atoms. The molecule has 0 aliphatic rings. The number of fused-ring (bicyclic) bond motifs is 6. The minimum Gasteiger partial charge on any atom is -0.256 e. The van der Waals surface area contributed by atoms with Gasteiger partial charge in [0.15, 0.2) is 0 Å². The van der Waals surface area contributed by atoms with Crippen molar-refractivity contribution < 1.29 is 0 Å². The second kappa shape index (κ2) is 10.1. The molecule has 0 atom stereocenters. The van der Waals surface area contributed by atoms with E-state index in [4.69, 9.17) is 9.97 Å². The lowest BCUT2D eigenvalue weighted by molar-refractivity contribution is 1.33. The first kappa shape index (κ1) is 24.2. The molecule has 0 fully saturated rings. The second-order valence-corrected chi connectivity index (χ2v) is 10.7. The highest BCUT2D eigenvalue weighted by atomic mass is 14.7. The molecule has 0 unspecified atom stereocenters. The second-order valence-electron chi connectivity index (χ2n) is 10.7. The number of hydrogen-bond donors (Lipinski definition) is 0. The van der Waals surface area contributed by atoms with E-state index in [1.807, 2.05) is 48.8 Å². The lowest BCUT2D eigenvalue weighted by atomic mass is 9.90. The number of pyridine rings is 2. The van der Waals surface area contributed by atoms with Gasteiger partial charge in [0, 0.05) is 34.6 Å². The molecule has 0 aliphatic heterocycles. The van der Waals surface area contributed by atoms with Gasteiger partial charge >= 0.3 is 0 Å². The van der Waals surface area contributed by atoms with Gasteiger partial charge in [0.05, 0.1) is 11.4 Å². The van der Waals surface area contributed by atoms with E-state index in [-0.39, 0.29) is 0 Å². The standard InChI is InChI=1S/C40H26N2/c1-3-9-27(10-4-1)39-21-17-31(25-41-39)29-15-19-35-36-20-16-30(24-38(36)34-14-8-7-13-33(34)37(35)23-29)32-18-22-40(42-26-32)28-11-5-2-6-12-28/h1-26H. The molecule has 2 heterocycles. The molecule has 8 rings (SSSR count). The van der Waals surface area contributed by atoms with E-state index < -0.39 is 0 Å². The smallest absolute Gasteiger partial charge is 0.0702 e. The Balaban J connectivity index is 1.22. The van der Waals surface area contributed by atoms with Crippen LogP contribution in [-0.2, 0) is 0 Å². The van der Waals surface area contributed by atoms with Gasteiger partial charge in [0.25, 0.3) is 0 Å². The van der Waals surface area contributed by atoms with Crippen molar-refractivity contribution in [2.45, 2.75) is 0 Å². The number of rotatable bonds is 4. The summed E-state index contributed by atoms with van der Waals surface area (Å²) in [5.74, 6) is 0. The van der Waals surface area contributed by atoms with Crippen molar-refractivity contribution in [1.82, 2.24) is 9.97 Å². The number of benzene rings is 6. The third kappa shape index (κ3) is 4.22. The van der Waals surface area contributed by atoms with Gasteiger partial charge in [-0.15, -0.1) is 0 Å². The van der Waals surface area contributed by atoms with Crippen LogP contribution < -0.4 is 0 Å². The fourth-order valence-corrected chi connectivity index (χ4v) is 6.00. The maximum atomic E-state index is 4.77. The molecular weight excluding hydrogens is 508 g/mol. The average molecular weight is 535 g/mol. The monoisotopic (exact) mass is 534 g/mol. The maximum Gasteiger partial charge on any atom is 0.0702 e. The summed E-state index contributed by atoms with van der Waals surface area (Å²) in [5.41, 5.74) is 8.78. The van der Waals surface area contributed by atoms with Gasteiger partial charge in [-0.2, -0.15) is 0 Å². The molecule has 0 N–H and O–H groups in total. The lowest BCUT2D eigenvalue weighted by Crippen LogP contribution is -1.88. The van der Waals surface area contributed by atoms with Crippen molar-refractivity contribution in [3.05, 3.63) is 158 Å². The summed E-state index contributed by atoms with van der Waals surface area (Å²) in [7, 11) is 0. The van der Waals surface area contributed by atoms with Crippen LogP contribution in [0.4, 0.5) is 0 Å². The Kier molecular flexibility index (Phi) is 5.82. The van der Waals surface area contributed by atoms with Crippen LogP contribution in [0.5, 0.6) is 0 Å². The number of aromatic nitrogens is 2. The van der Waals surface area contributed by atoms with Crippen LogP contribution in [0.15, 0.2) is 158 Å². The highest BCUT2D eigenvalue weighted by Crippen LogP contribution is 2.39. The molecule has 0 amide bonds. The highest BCUT2D eigenvalue weighted by molar-refractivity contribution is 6.26. The van der Waals surface area contributed by atoms with Crippen molar-refractivity contribution in [2.75, 3.05) is 0 Å². The summed E-state index contributed by atoms with van der Waals surface area (Å²) in [6.45, 7) is 0. The fourth-order valence-electron chi connectivity index (χ4n) is 6.00. The van der Waals surface area contributed by atoms with Gasteiger partial charge in [0.1, 0.15) is 0 Å². The molecule has 0 bridgehead atoms. The van der Waals surface area contributed by atoms with E-state index >= 15 is 0 Å². The predicted molar refractivity (Wildman–Crippen MR) is 176 cm³/mol. The zero-order valence-corrected chi connectivity index (χ0v) is 22.9. The Labute approximate surface area is 244 Å². The zero-order valence-electron chi connectivity index (χ0n) is 22.9. The number of hydrogen-bond acceptors (Lipinski definition) is 2. The van der Waals surface area contributed by atoms with Crippen LogP contribution in [-0.4, -0.2) is 9.97 Å². The molecule has 0 saturated carbocycles. The summed E-state index contributed by atoms with van der Waals surface area (Å²) in [5, 5.41) is 7.53. The third-order valence-corrected chi connectivity index (χ3v) is 8.17. The van der Waals surface area contributed by atoms with E-state index in [1.165, 1.54) is 43.4 Å². The molecule has 8 aromatic rings. The van der Waals surface area contributed by atoms with Crippen LogP contribution in [0, 0.1) is 0 Å². The summed E-state index contributed by atoms with van der Waals surface area (Å²) in [4.78, 5) is 9.55. The maximum absolute atomic E-state index is 4.77. The summed E-state index contributed by atoms with van der Waals surface area (Å²) in [6.07, 6.45) is 3.96. The first-order chi connectivity index (χ1) is 20.8. The SMILES string of the molecule is c1ccc(-c2ccc(-c3ccc4c5ccc(-c6ccc(-c7ccccc7)nc6)cc5c5ccccc5c4c3)cn2)cc1. The van der Waals surface area contributed by atoms with Gasteiger partial charge < -0.3 is 0 Å². The Hall–Kier alpha value is -5.60. The fraction of sp³-hybridized carbons (Fsp3) is 0. The predicted octanol–water partition coefficient (Wildman–Crippen LogP) is 10.6. The van der Waals surface area contributed by atoms with Crippen LogP contribution in [0.3, 0.4) is 0 Å². The van der Waals surface area contributed by atoms with Gasteiger partial charge in [-0.25, -0.2) is 0 Å². The first-order valence-electron chi connectivity index (χ1n) is 14.2. The summed E-state index contributed by atoms with van der Waals surface area (Å²) in [6, 6.07) is 51.5. The highest BCUT2D eigenvalue weighted by Gasteiger charge is 2.12. The van der Waals surface area contributed by atoms with Crippen molar-refractivity contribution in [3.63, 3.8) is 0 Å². The molecule has 2 heteroatoms. The van der Waals surface area contributed by atoms with Gasteiger partial charge in [-0.1, -0.05) is 121 Å². The Morgan fingerprint density at radius 2 is 0.643 bits per heavy atom. The van der Waals surface area contributed by atoms with Gasteiger partial charge in [0.2, 0.25) is 0 Å². The molecule has 0 aliphatic carbocycles. The van der Waals surface area contributed by atoms with Crippen molar-refractivity contribution in [3.8, 4) is 44.8 Å². The molecule has 196 valence electrons. The first-order valence-corrected chi connectivity index (χ1v) is 14.2. The van der Waals surface area contributed by atoms with E-state index in [0.29, 0.717) is 0 Å². The molecule has 6 aromatic carbocycles. The Bertz CT molecular complexity index is 2020. The molecular formula is C40H26N2. The molecule has 2 nitrogen and oxygen atoms in total. The van der Waals surface area contributed by atoms with Gasteiger partial charge in [-0.3, -0.25) is 9.97 Å². The minimum atomic E-state index is 0.984. The Morgan fingerprint density at radius 3 is 1.05 bits per heavy atom. The topological polar surface area (TPSA) is 25.8 Å². The van der Waals surface area contributed by atoms with Crippen LogP contribution in [0.25, 0.3) is 77.1 Å². The average Bonchev–Trinajstić information content (AvgIpc) is 3.09. The molecule has 2 aromatic heterocycles. The summed E-state index contributed by atoms with van der Waals surface area (Å²) >= 11 is 0. The van der Waals surface area contributed by atoms with Crippen LogP contribution >= 0.6 is 0 Å². The lowest BCUT2D eigenvalue weighted by Gasteiger charge is -2.13. The normalized spacial score (nSPS) is 11.3. The minimum absolute atomic E-state index is 0.984. The largest absolute Gasteiger partial charge is 0.256 e. The summed E-state index contributed by atoms with van der Waals surface area (Å²) < 4.78 is 0. The molecule has 0 saturated heterocycles. The Morgan fingerprint density at radius 1 is 0.262 bits per heavy atom. The van der Waals surface area contributed by atoms with Gasteiger partial charge in [-0.05, 0) is 67.7 Å². The molecule has 0 radical (unpaired) electrons. The van der Waals surface area contributed by atoms with Crippen LogP contribution in [0.1, 0.15) is 0 Å². The number of nitrogens with zero attached hydrogens (tertiary/aromatic N) is 2. The van der Waals surface area contributed by atoms with Crippen molar-refractivity contribution in [2.24, 2.45) is 0 Å². The van der Waals surface area contributed by atoms with Crippen molar-refractivity contribution >= 4 is 32.3 Å². The molecule has 0 spiro atoms. The van der Waals surface area contributed by atoms with E-state index in [2.05, 4.69) is 109 Å². The zero-order chi connectivity index (χ0) is 27.9.